The standard InChI is InChI=1S/C14H16N2O3/c17-9-2-1-5-11-6-3-8-13(15-11)16-14(18)12-7-4-10-19-12/h3,6,8,12,17H,2,4,7,9-10H2,(H,15,16,18). The largest absolute Gasteiger partial charge is 0.395 e. The van der Waals surface area contributed by atoms with Crippen LogP contribution in [0.25, 0.3) is 0 Å². The first-order valence-corrected chi connectivity index (χ1v) is 6.29. The summed E-state index contributed by atoms with van der Waals surface area (Å²) in [6.07, 6.45) is 1.71. The number of carbonyl (C=O) groups excluding carboxylic acids is 1. The first kappa shape index (κ1) is 13.5. The molecule has 1 saturated heterocycles. The number of anilines is 1. The van der Waals surface area contributed by atoms with E-state index in [2.05, 4.69) is 22.1 Å². The number of nitrogens with zero attached hydrogens (tertiary/aromatic N) is 1. The van der Waals surface area contributed by atoms with Crippen molar-refractivity contribution in [2.45, 2.75) is 25.4 Å². The summed E-state index contributed by atoms with van der Waals surface area (Å²) in [5.74, 6) is 5.92. The van der Waals surface area contributed by atoms with Crippen molar-refractivity contribution in [3.05, 3.63) is 23.9 Å². The maximum Gasteiger partial charge on any atom is 0.254 e. The molecule has 0 radical (unpaired) electrons. The first-order chi connectivity index (χ1) is 9.29. The van der Waals surface area contributed by atoms with E-state index in [1.807, 2.05) is 0 Å². The minimum atomic E-state index is -0.370. The average Bonchev–Trinajstić information content (AvgIpc) is 2.93. The van der Waals surface area contributed by atoms with Crippen LogP contribution in [0.5, 0.6) is 0 Å². The number of pyridine rings is 1. The predicted molar refractivity (Wildman–Crippen MR) is 70.4 cm³/mol. The van der Waals surface area contributed by atoms with Crippen molar-refractivity contribution >= 4 is 11.7 Å². The molecule has 1 aromatic rings. The van der Waals surface area contributed by atoms with Crippen molar-refractivity contribution in [2.75, 3.05) is 18.5 Å². The molecule has 1 unspecified atom stereocenters. The summed E-state index contributed by atoms with van der Waals surface area (Å²) in [7, 11) is 0. The van der Waals surface area contributed by atoms with Gasteiger partial charge in [0.15, 0.2) is 0 Å². The van der Waals surface area contributed by atoms with Crippen LogP contribution >= 0.6 is 0 Å². The van der Waals surface area contributed by atoms with Crippen LogP contribution in [0.2, 0.25) is 0 Å². The average molecular weight is 260 g/mol. The second-order valence-corrected chi connectivity index (χ2v) is 4.17. The summed E-state index contributed by atoms with van der Waals surface area (Å²) in [6.45, 7) is 0.667. The molecule has 0 spiro atoms. The Morgan fingerprint density at radius 3 is 3.21 bits per heavy atom. The smallest absolute Gasteiger partial charge is 0.254 e. The number of nitrogens with one attached hydrogen (secondary N) is 1. The van der Waals surface area contributed by atoms with Crippen molar-refractivity contribution < 1.29 is 14.6 Å². The number of hydrogen-bond acceptors (Lipinski definition) is 4. The molecule has 0 aromatic carbocycles. The van der Waals surface area contributed by atoms with Gasteiger partial charge in [-0.05, 0) is 30.9 Å². The van der Waals surface area contributed by atoms with E-state index in [4.69, 9.17) is 9.84 Å². The molecule has 1 aromatic heterocycles. The van der Waals surface area contributed by atoms with Crippen LogP contribution < -0.4 is 5.32 Å². The number of carbonyl (C=O) groups is 1. The van der Waals surface area contributed by atoms with Crippen LogP contribution in [0.1, 0.15) is 25.0 Å². The van der Waals surface area contributed by atoms with Gasteiger partial charge in [-0.25, -0.2) is 4.98 Å². The van der Waals surface area contributed by atoms with E-state index in [-0.39, 0.29) is 18.6 Å². The molecule has 2 rings (SSSR count). The number of ether oxygens (including phenoxy) is 1. The van der Waals surface area contributed by atoms with Gasteiger partial charge < -0.3 is 15.2 Å². The van der Waals surface area contributed by atoms with E-state index < -0.39 is 0 Å². The lowest BCUT2D eigenvalue weighted by Gasteiger charge is -2.09. The second kappa shape index (κ2) is 6.88. The molecule has 1 fully saturated rings. The summed E-state index contributed by atoms with van der Waals surface area (Å²) >= 11 is 0. The van der Waals surface area contributed by atoms with Gasteiger partial charge in [0.05, 0.1) is 6.61 Å². The second-order valence-electron chi connectivity index (χ2n) is 4.17. The SMILES string of the molecule is O=C(Nc1cccc(C#CCCO)n1)C1CCCO1. The van der Waals surface area contributed by atoms with Gasteiger partial charge in [-0.3, -0.25) is 4.79 Å². The predicted octanol–water partition coefficient (Wildman–Crippen LogP) is 0.933. The molecule has 5 heteroatoms. The Bertz CT molecular complexity index is 499. The summed E-state index contributed by atoms with van der Waals surface area (Å²) in [5, 5.41) is 11.4. The lowest BCUT2D eigenvalue weighted by atomic mass is 10.2. The molecule has 100 valence electrons. The monoisotopic (exact) mass is 260 g/mol. The molecule has 0 bridgehead atoms. The van der Waals surface area contributed by atoms with Crippen LogP contribution in [0.3, 0.4) is 0 Å². The van der Waals surface area contributed by atoms with Gasteiger partial charge in [0, 0.05) is 13.0 Å². The van der Waals surface area contributed by atoms with Crippen molar-refractivity contribution in [1.29, 1.82) is 0 Å². The Morgan fingerprint density at radius 1 is 1.58 bits per heavy atom. The highest BCUT2D eigenvalue weighted by molar-refractivity contribution is 5.93. The maximum absolute atomic E-state index is 11.8. The number of amides is 1. The quantitative estimate of drug-likeness (QED) is 0.793. The molecule has 1 aliphatic rings. The van der Waals surface area contributed by atoms with Gasteiger partial charge in [-0.2, -0.15) is 0 Å². The summed E-state index contributed by atoms with van der Waals surface area (Å²) < 4.78 is 5.30. The summed E-state index contributed by atoms with van der Waals surface area (Å²) in [4.78, 5) is 16.1. The molecular weight excluding hydrogens is 244 g/mol. The topological polar surface area (TPSA) is 71.5 Å². The molecule has 1 atom stereocenters. The normalized spacial score (nSPS) is 17.6. The van der Waals surface area contributed by atoms with E-state index in [0.717, 1.165) is 12.8 Å². The summed E-state index contributed by atoms with van der Waals surface area (Å²) in [6, 6.07) is 5.25. The van der Waals surface area contributed by atoms with Crippen molar-refractivity contribution in [1.82, 2.24) is 4.98 Å². The van der Waals surface area contributed by atoms with Crippen LogP contribution in [-0.2, 0) is 9.53 Å². The Balaban J connectivity index is 1.98. The Kier molecular flexibility index (Phi) is 4.90. The van der Waals surface area contributed by atoms with Crippen LogP contribution in [-0.4, -0.2) is 35.3 Å². The molecule has 2 heterocycles. The number of hydrogen-bond donors (Lipinski definition) is 2. The lowest BCUT2D eigenvalue weighted by Crippen LogP contribution is -2.27. The zero-order chi connectivity index (χ0) is 13.5. The fourth-order valence-electron chi connectivity index (χ4n) is 1.77. The molecule has 1 amide bonds. The Hall–Kier alpha value is -1.90. The molecule has 1 aliphatic heterocycles. The van der Waals surface area contributed by atoms with E-state index in [0.29, 0.717) is 24.5 Å². The molecule has 2 N–H and O–H groups in total. The minimum Gasteiger partial charge on any atom is -0.395 e. The van der Waals surface area contributed by atoms with Gasteiger partial charge in [-0.15, -0.1) is 0 Å². The number of aliphatic hydroxyl groups excluding tert-OH is 1. The van der Waals surface area contributed by atoms with Gasteiger partial charge in [0.2, 0.25) is 0 Å². The highest BCUT2D eigenvalue weighted by atomic mass is 16.5. The zero-order valence-corrected chi connectivity index (χ0v) is 10.6. The van der Waals surface area contributed by atoms with E-state index in [1.165, 1.54) is 0 Å². The third kappa shape index (κ3) is 4.05. The van der Waals surface area contributed by atoms with Crippen LogP contribution in [0, 0.1) is 11.8 Å². The number of aliphatic hydroxyl groups is 1. The molecule has 0 saturated carbocycles. The van der Waals surface area contributed by atoms with Gasteiger partial charge in [0.1, 0.15) is 17.6 Å². The minimum absolute atomic E-state index is 0.0302. The van der Waals surface area contributed by atoms with Crippen LogP contribution in [0.15, 0.2) is 18.2 Å². The zero-order valence-electron chi connectivity index (χ0n) is 10.6. The number of rotatable bonds is 3. The molecular formula is C14H16N2O3. The van der Waals surface area contributed by atoms with Crippen molar-refractivity contribution in [2.24, 2.45) is 0 Å². The Morgan fingerprint density at radius 2 is 2.47 bits per heavy atom. The third-order valence-corrected chi connectivity index (χ3v) is 2.68. The maximum atomic E-state index is 11.8. The van der Waals surface area contributed by atoms with Gasteiger partial charge in [-0.1, -0.05) is 12.0 Å². The highest BCUT2D eigenvalue weighted by Gasteiger charge is 2.23. The highest BCUT2D eigenvalue weighted by Crippen LogP contribution is 2.14. The fourth-order valence-corrected chi connectivity index (χ4v) is 1.77. The van der Waals surface area contributed by atoms with Gasteiger partial charge in [0.25, 0.3) is 5.91 Å². The van der Waals surface area contributed by atoms with Crippen molar-refractivity contribution in [3.63, 3.8) is 0 Å². The lowest BCUT2D eigenvalue weighted by molar-refractivity contribution is -0.124. The van der Waals surface area contributed by atoms with E-state index in [1.54, 1.807) is 18.2 Å². The third-order valence-electron chi connectivity index (χ3n) is 2.68. The van der Waals surface area contributed by atoms with E-state index in [9.17, 15) is 4.79 Å². The Labute approximate surface area is 112 Å². The summed E-state index contributed by atoms with van der Waals surface area (Å²) in [5.41, 5.74) is 0.568. The molecule has 0 aliphatic carbocycles. The van der Waals surface area contributed by atoms with Crippen LogP contribution in [0.4, 0.5) is 5.82 Å². The van der Waals surface area contributed by atoms with Gasteiger partial charge >= 0.3 is 0 Å². The van der Waals surface area contributed by atoms with E-state index >= 15 is 0 Å². The van der Waals surface area contributed by atoms with Crippen molar-refractivity contribution in [3.8, 4) is 11.8 Å². The molecule has 19 heavy (non-hydrogen) atoms. The fraction of sp³-hybridized carbons (Fsp3) is 0.429. The molecule has 5 nitrogen and oxygen atoms in total. The number of aromatic nitrogens is 1. The first-order valence-electron chi connectivity index (χ1n) is 6.29.